The van der Waals surface area contributed by atoms with Crippen LogP contribution in [0.25, 0.3) is 11.1 Å². The molecule has 0 spiro atoms. The van der Waals surface area contributed by atoms with Gasteiger partial charge in [0.25, 0.3) is 0 Å². The molecule has 0 aliphatic carbocycles. The number of hydrogen-bond acceptors (Lipinski definition) is 2. The SMILES string of the molecule is Cc1cccc(-c2ccccc2C=NN=C(N)N)c1. The molecule has 0 aromatic heterocycles. The summed E-state index contributed by atoms with van der Waals surface area (Å²) >= 11 is 0. The van der Waals surface area contributed by atoms with E-state index in [2.05, 4.69) is 35.3 Å². The van der Waals surface area contributed by atoms with Gasteiger partial charge in [-0.15, -0.1) is 5.10 Å². The quantitative estimate of drug-likeness (QED) is 0.499. The fourth-order valence-electron chi connectivity index (χ4n) is 1.84. The van der Waals surface area contributed by atoms with E-state index in [4.69, 9.17) is 11.5 Å². The molecular weight excluding hydrogens is 236 g/mol. The van der Waals surface area contributed by atoms with Crippen molar-refractivity contribution in [3.8, 4) is 11.1 Å². The standard InChI is InChI=1S/C15H16N4/c1-11-5-4-7-12(9-11)14-8-3-2-6-13(14)10-18-19-15(16)17/h2-10H,1H3,(H4,16,17,19). The van der Waals surface area contributed by atoms with Crippen molar-refractivity contribution >= 4 is 12.2 Å². The van der Waals surface area contributed by atoms with Gasteiger partial charge in [0.1, 0.15) is 0 Å². The van der Waals surface area contributed by atoms with Gasteiger partial charge in [0.15, 0.2) is 0 Å². The van der Waals surface area contributed by atoms with Gasteiger partial charge in [-0.05, 0) is 18.1 Å². The Morgan fingerprint density at radius 1 is 1.05 bits per heavy atom. The van der Waals surface area contributed by atoms with Crippen LogP contribution in [-0.4, -0.2) is 12.2 Å². The molecule has 0 saturated carbocycles. The lowest BCUT2D eigenvalue weighted by molar-refractivity contribution is 1.21. The number of guanidine groups is 1. The van der Waals surface area contributed by atoms with Gasteiger partial charge in [-0.25, -0.2) is 0 Å². The number of benzene rings is 2. The van der Waals surface area contributed by atoms with Crippen molar-refractivity contribution in [2.24, 2.45) is 21.7 Å². The molecule has 0 saturated heterocycles. The van der Waals surface area contributed by atoms with E-state index in [1.165, 1.54) is 5.56 Å². The van der Waals surface area contributed by atoms with Gasteiger partial charge in [-0.3, -0.25) is 0 Å². The number of nitrogens with zero attached hydrogens (tertiary/aromatic N) is 2. The molecule has 19 heavy (non-hydrogen) atoms. The molecule has 0 unspecified atom stereocenters. The second-order valence-corrected chi connectivity index (χ2v) is 4.23. The lowest BCUT2D eigenvalue weighted by Crippen LogP contribution is -2.21. The minimum atomic E-state index is -0.0516. The summed E-state index contributed by atoms with van der Waals surface area (Å²) in [5.74, 6) is -0.0516. The Kier molecular flexibility index (Phi) is 3.93. The largest absolute Gasteiger partial charge is 0.369 e. The first kappa shape index (κ1) is 12.8. The predicted molar refractivity (Wildman–Crippen MR) is 80.0 cm³/mol. The Morgan fingerprint density at radius 2 is 1.84 bits per heavy atom. The molecule has 4 heteroatoms. The van der Waals surface area contributed by atoms with Crippen LogP contribution < -0.4 is 11.5 Å². The predicted octanol–water partition coefficient (Wildman–Crippen LogP) is 2.27. The van der Waals surface area contributed by atoms with Gasteiger partial charge in [-0.2, -0.15) is 5.10 Å². The van der Waals surface area contributed by atoms with Crippen molar-refractivity contribution in [3.63, 3.8) is 0 Å². The number of hydrogen-bond donors (Lipinski definition) is 2. The van der Waals surface area contributed by atoms with Crippen LogP contribution in [-0.2, 0) is 0 Å². The van der Waals surface area contributed by atoms with E-state index in [9.17, 15) is 0 Å². The fraction of sp³-hybridized carbons (Fsp3) is 0.0667. The fourth-order valence-corrected chi connectivity index (χ4v) is 1.84. The van der Waals surface area contributed by atoms with Crippen LogP contribution in [0.2, 0.25) is 0 Å². The first-order valence-corrected chi connectivity index (χ1v) is 5.95. The second kappa shape index (κ2) is 5.82. The van der Waals surface area contributed by atoms with Gasteiger partial charge in [0.2, 0.25) is 5.96 Å². The highest BCUT2D eigenvalue weighted by Gasteiger charge is 2.02. The van der Waals surface area contributed by atoms with Crippen LogP contribution >= 0.6 is 0 Å². The monoisotopic (exact) mass is 252 g/mol. The smallest absolute Gasteiger partial charge is 0.211 e. The van der Waals surface area contributed by atoms with Gasteiger partial charge in [0, 0.05) is 5.56 Å². The van der Waals surface area contributed by atoms with Crippen LogP contribution in [0.1, 0.15) is 11.1 Å². The average Bonchev–Trinajstić information content (AvgIpc) is 2.39. The van der Waals surface area contributed by atoms with Crippen LogP contribution in [0, 0.1) is 6.92 Å². The first-order chi connectivity index (χ1) is 9.16. The first-order valence-electron chi connectivity index (χ1n) is 5.95. The Morgan fingerprint density at radius 3 is 2.58 bits per heavy atom. The van der Waals surface area contributed by atoms with E-state index in [-0.39, 0.29) is 5.96 Å². The Hall–Kier alpha value is -2.62. The molecule has 96 valence electrons. The summed E-state index contributed by atoms with van der Waals surface area (Å²) in [6.07, 6.45) is 1.65. The van der Waals surface area contributed by atoms with E-state index in [0.29, 0.717) is 0 Å². The van der Waals surface area contributed by atoms with Crippen molar-refractivity contribution in [2.45, 2.75) is 6.92 Å². The third-order valence-electron chi connectivity index (χ3n) is 2.66. The van der Waals surface area contributed by atoms with Crippen LogP contribution in [0.5, 0.6) is 0 Å². The summed E-state index contributed by atoms with van der Waals surface area (Å²) in [4.78, 5) is 0. The Bertz CT molecular complexity index is 626. The summed E-state index contributed by atoms with van der Waals surface area (Å²) < 4.78 is 0. The normalized spacial score (nSPS) is 10.6. The highest BCUT2D eigenvalue weighted by Crippen LogP contribution is 2.23. The van der Waals surface area contributed by atoms with Gasteiger partial charge < -0.3 is 11.5 Å². The van der Waals surface area contributed by atoms with E-state index in [1.54, 1.807) is 6.21 Å². The molecular formula is C15H16N4. The molecule has 0 radical (unpaired) electrons. The third kappa shape index (κ3) is 3.42. The molecule has 2 aromatic carbocycles. The lowest BCUT2D eigenvalue weighted by atomic mass is 9.99. The minimum absolute atomic E-state index is 0.0516. The maximum absolute atomic E-state index is 5.24. The molecule has 2 aromatic rings. The summed E-state index contributed by atoms with van der Waals surface area (Å²) in [5, 5.41) is 7.48. The molecule has 0 bridgehead atoms. The maximum Gasteiger partial charge on any atom is 0.211 e. The number of rotatable bonds is 3. The number of nitrogens with two attached hydrogens (primary N) is 2. The molecule has 0 aliphatic heterocycles. The van der Waals surface area contributed by atoms with Crippen LogP contribution in [0.3, 0.4) is 0 Å². The summed E-state index contributed by atoms with van der Waals surface area (Å²) in [6.45, 7) is 2.07. The average molecular weight is 252 g/mol. The highest BCUT2D eigenvalue weighted by atomic mass is 15.3. The lowest BCUT2D eigenvalue weighted by Gasteiger charge is -2.06. The molecule has 0 heterocycles. The Labute approximate surface area is 112 Å². The summed E-state index contributed by atoms with van der Waals surface area (Å²) in [5.41, 5.74) is 14.9. The van der Waals surface area contributed by atoms with E-state index >= 15 is 0 Å². The van der Waals surface area contributed by atoms with Crippen molar-refractivity contribution in [3.05, 3.63) is 59.7 Å². The van der Waals surface area contributed by atoms with Gasteiger partial charge in [0.05, 0.1) is 6.21 Å². The molecule has 0 atom stereocenters. The van der Waals surface area contributed by atoms with Gasteiger partial charge >= 0.3 is 0 Å². The molecule has 0 amide bonds. The molecule has 4 N–H and O–H groups in total. The van der Waals surface area contributed by atoms with Crippen molar-refractivity contribution in [1.82, 2.24) is 0 Å². The molecule has 0 aliphatic rings. The minimum Gasteiger partial charge on any atom is -0.369 e. The van der Waals surface area contributed by atoms with Gasteiger partial charge in [-0.1, -0.05) is 54.1 Å². The van der Waals surface area contributed by atoms with Crippen molar-refractivity contribution in [1.29, 1.82) is 0 Å². The number of aryl methyl sites for hydroxylation is 1. The zero-order valence-electron chi connectivity index (χ0n) is 10.7. The summed E-state index contributed by atoms with van der Waals surface area (Å²) in [6, 6.07) is 16.3. The van der Waals surface area contributed by atoms with Crippen molar-refractivity contribution < 1.29 is 0 Å². The second-order valence-electron chi connectivity index (χ2n) is 4.23. The Balaban J connectivity index is 2.42. The van der Waals surface area contributed by atoms with Crippen LogP contribution in [0.4, 0.5) is 0 Å². The molecule has 0 fully saturated rings. The zero-order valence-corrected chi connectivity index (χ0v) is 10.7. The van der Waals surface area contributed by atoms with Crippen molar-refractivity contribution in [2.75, 3.05) is 0 Å². The maximum atomic E-state index is 5.24. The van der Waals surface area contributed by atoms with E-state index in [0.717, 1.165) is 16.7 Å². The summed E-state index contributed by atoms with van der Waals surface area (Å²) in [7, 11) is 0. The van der Waals surface area contributed by atoms with Crippen LogP contribution in [0.15, 0.2) is 58.7 Å². The third-order valence-corrected chi connectivity index (χ3v) is 2.66. The van der Waals surface area contributed by atoms with E-state index < -0.39 is 0 Å². The topological polar surface area (TPSA) is 76.8 Å². The zero-order chi connectivity index (χ0) is 13.7. The van der Waals surface area contributed by atoms with E-state index in [1.807, 2.05) is 30.3 Å². The molecule has 4 nitrogen and oxygen atoms in total. The molecule has 2 rings (SSSR count). The highest BCUT2D eigenvalue weighted by molar-refractivity contribution is 5.90.